The van der Waals surface area contributed by atoms with Crippen molar-refractivity contribution in [3.63, 3.8) is 0 Å². The van der Waals surface area contributed by atoms with E-state index in [1.165, 1.54) is 19.3 Å². The van der Waals surface area contributed by atoms with Crippen molar-refractivity contribution in [3.8, 4) is 11.3 Å². The molecule has 0 atom stereocenters. The lowest BCUT2D eigenvalue weighted by Gasteiger charge is -2.25. The Kier molecular flexibility index (Phi) is 5.53. The Hall–Kier alpha value is -2.14. The Morgan fingerprint density at radius 1 is 1.16 bits per heavy atom. The van der Waals surface area contributed by atoms with Crippen molar-refractivity contribution in [2.45, 2.75) is 39.0 Å². The monoisotopic (exact) mass is 359 g/mol. The van der Waals surface area contributed by atoms with Gasteiger partial charge in [-0.25, -0.2) is 4.98 Å². The molecule has 0 bridgehead atoms. The van der Waals surface area contributed by atoms with E-state index >= 15 is 0 Å². The highest BCUT2D eigenvalue weighted by Crippen LogP contribution is 2.24. The van der Waals surface area contributed by atoms with Crippen LogP contribution in [0.5, 0.6) is 0 Å². The SMILES string of the molecule is Cc1nc(-c2cccc(C(=O)N3CCCCCCC3)c2)c(Cl)c(=O)[nH]1. The van der Waals surface area contributed by atoms with Crippen molar-refractivity contribution < 1.29 is 4.79 Å². The van der Waals surface area contributed by atoms with Crippen molar-refractivity contribution in [3.05, 3.63) is 51.0 Å². The predicted molar refractivity (Wildman–Crippen MR) is 99.0 cm³/mol. The average molecular weight is 360 g/mol. The standard InChI is InChI=1S/C19H22ClN3O2/c1-13-21-17(16(20)18(24)22-13)14-8-7-9-15(12-14)19(25)23-10-5-3-2-4-6-11-23/h7-9,12H,2-6,10-11H2,1H3,(H,21,22,24). The van der Waals surface area contributed by atoms with Crippen LogP contribution in [0.4, 0.5) is 0 Å². The van der Waals surface area contributed by atoms with Gasteiger partial charge >= 0.3 is 0 Å². The summed E-state index contributed by atoms with van der Waals surface area (Å²) < 4.78 is 0. The number of likely N-dealkylation sites (tertiary alicyclic amines) is 1. The van der Waals surface area contributed by atoms with Crippen molar-refractivity contribution in [1.29, 1.82) is 0 Å². The molecule has 1 aromatic heterocycles. The summed E-state index contributed by atoms with van der Waals surface area (Å²) in [6.45, 7) is 3.30. The lowest BCUT2D eigenvalue weighted by Crippen LogP contribution is -2.33. The second-order valence-electron chi connectivity index (χ2n) is 6.45. The van der Waals surface area contributed by atoms with Gasteiger partial charge in [0.05, 0.1) is 5.69 Å². The summed E-state index contributed by atoms with van der Waals surface area (Å²) in [6.07, 6.45) is 5.70. The third kappa shape index (κ3) is 4.10. The van der Waals surface area contributed by atoms with Crippen LogP contribution in [0.15, 0.2) is 29.1 Å². The van der Waals surface area contributed by atoms with Crippen LogP contribution < -0.4 is 5.56 Å². The van der Waals surface area contributed by atoms with Gasteiger partial charge in [-0.15, -0.1) is 0 Å². The molecule has 1 aromatic carbocycles. The quantitative estimate of drug-likeness (QED) is 0.886. The van der Waals surface area contributed by atoms with Gasteiger partial charge < -0.3 is 9.88 Å². The molecule has 2 heterocycles. The van der Waals surface area contributed by atoms with Crippen LogP contribution in [0.1, 0.15) is 48.3 Å². The van der Waals surface area contributed by atoms with Crippen LogP contribution in [0, 0.1) is 6.92 Å². The van der Waals surface area contributed by atoms with Gasteiger partial charge in [-0.05, 0) is 31.9 Å². The topological polar surface area (TPSA) is 66.1 Å². The van der Waals surface area contributed by atoms with Crippen molar-refractivity contribution in [2.75, 3.05) is 13.1 Å². The van der Waals surface area contributed by atoms with E-state index in [4.69, 9.17) is 11.6 Å². The molecule has 25 heavy (non-hydrogen) atoms. The maximum absolute atomic E-state index is 12.9. The predicted octanol–water partition coefficient (Wildman–Crippen LogP) is 3.81. The van der Waals surface area contributed by atoms with E-state index < -0.39 is 0 Å². The molecule has 1 aliphatic heterocycles. The maximum Gasteiger partial charge on any atom is 0.270 e. The number of H-pyrrole nitrogens is 1. The number of aromatic amines is 1. The first kappa shape index (κ1) is 17.7. The second-order valence-corrected chi connectivity index (χ2v) is 6.83. The van der Waals surface area contributed by atoms with E-state index in [-0.39, 0.29) is 16.5 Å². The molecule has 5 nitrogen and oxygen atoms in total. The summed E-state index contributed by atoms with van der Waals surface area (Å²) in [6, 6.07) is 7.20. The fraction of sp³-hybridized carbons (Fsp3) is 0.421. The summed E-state index contributed by atoms with van der Waals surface area (Å²) in [7, 11) is 0. The molecule has 6 heteroatoms. The minimum absolute atomic E-state index is 0.0291. The molecule has 0 radical (unpaired) electrons. The highest BCUT2D eigenvalue weighted by atomic mass is 35.5. The number of aryl methyl sites for hydroxylation is 1. The highest BCUT2D eigenvalue weighted by Gasteiger charge is 2.18. The Morgan fingerprint density at radius 3 is 2.56 bits per heavy atom. The molecule has 1 amide bonds. The molecule has 0 aliphatic carbocycles. The summed E-state index contributed by atoms with van der Waals surface area (Å²) in [4.78, 5) is 33.6. The van der Waals surface area contributed by atoms with Crippen LogP contribution in [0.2, 0.25) is 5.02 Å². The van der Waals surface area contributed by atoms with Gasteiger partial charge in [0, 0.05) is 24.2 Å². The summed E-state index contributed by atoms with van der Waals surface area (Å²) in [5.41, 5.74) is 1.32. The molecule has 1 aliphatic rings. The lowest BCUT2D eigenvalue weighted by atomic mass is 10.0. The lowest BCUT2D eigenvalue weighted by molar-refractivity contribution is 0.0742. The van der Waals surface area contributed by atoms with Crippen LogP contribution in [0.3, 0.4) is 0 Å². The van der Waals surface area contributed by atoms with Gasteiger partial charge in [0.15, 0.2) is 0 Å². The smallest absolute Gasteiger partial charge is 0.270 e. The van der Waals surface area contributed by atoms with Crippen LogP contribution in [-0.4, -0.2) is 33.9 Å². The largest absolute Gasteiger partial charge is 0.339 e. The molecule has 132 valence electrons. The average Bonchev–Trinajstić information content (AvgIpc) is 2.57. The van der Waals surface area contributed by atoms with Gasteiger partial charge in [-0.2, -0.15) is 0 Å². The molecule has 0 spiro atoms. The first-order chi connectivity index (χ1) is 12.1. The number of nitrogens with zero attached hydrogens (tertiary/aromatic N) is 2. The summed E-state index contributed by atoms with van der Waals surface area (Å²) in [5, 5.41) is 0.0430. The van der Waals surface area contributed by atoms with Gasteiger partial charge in [0.2, 0.25) is 0 Å². The van der Waals surface area contributed by atoms with Crippen molar-refractivity contribution >= 4 is 17.5 Å². The zero-order valence-corrected chi connectivity index (χ0v) is 15.1. The molecule has 1 fully saturated rings. The Balaban J connectivity index is 1.91. The highest BCUT2D eigenvalue weighted by molar-refractivity contribution is 6.32. The first-order valence-electron chi connectivity index (χ1n) is 8.72. The van der Waals surface area contributed by atoms with Crippen LogP contribution >= 0.6 is 11.6 Å². The number of carbonyl (C=O) groups is 1. The number of aromatic nitrogens is 2. The van der Waals surface area contributed by atoms with Crippen LogP contribution in [0.25, 0.3) is 11.3 Å². The third-order valence-electron chi connectivity index (χ3n) is 4.51. The Morgan fingerprint density at radius 2 is 1.84 bits per heavy atom. The number of hydrogen-bond donors (Lipinski definition) is 1. The number of rotatable bonds is 2. The third-order valence-corrected chi connectivity index (χ3v) is 4.86. The maximum atomic E-state index is 12.9. The van der Waals surface area contributed by atoms with Gasteiger partial charge in [-0.3, -0.25) is 9.59 Å². The number of hydrogen-bond acceptors (Lipinski definition) is 3. The zero-order chi connectivity index (χ0) is 17.8. The fourth-order valence-corrected chi connectivity index (χ4v) is 3.39. The van der Waals surface area contributed by atoms with E-state index in [0.29, 0.717) is 22.6 Å². The molecule has 1 N–H and O–H groups in total. The molecule has 0 unspecified atom stereocenters. The molecule has 2 aromatic rings. The molecular formula is C19H22ClN3O2. The normalized spacial score (nSPS) is 15.5. The molecule has 3 rings (SSSR count). The van der Waals surface area contributed by atoms with Gasteiger partial charge in [0.1, 0.15) is 10.8 Å². The number of carbonyl (C=O) groups excluding carboxylic acids is 1. The number of amides is 1. The Bertz CT molecular complexity index is 824. The van der Waals surface area contributed by atoms with Crippen LogP contribution in [-0.2, 0) is 0 Å². The van der Waals surface area contributed by atoms with Crippen molar-refractivity contribution in [2.24, 2.45) is 0 Å². The number of halogens is 1. The summed E-state index contributed by atoms with van der Waals surface area (Å²) in [5.74, 6) is 0.520. The number of benzene rings is 1. The van der Waals surface area contributed by atoms with E-state index in [1.807, 2.05) is 11.0 Å². The first-order valence-corrected chi connectivity index (χ1v) is 9.10. The van der Waals surface area contributed by atoms with Crippen molar-refractivity contribution in [1.82, 2.24) is 14.9 Å². The molecular weight excluding hydrogens is 338 g/mol. The van der Waals surface area contributed by atoms with E-state index in [1.54, 1.807) is 25.1 Å². The van der Waals surface area contributed by atoms with Gasteiger partial charge in [-0.1, -0.05) is 43.0 Å². The van der Waals surface area contributed by atoms with E-state index in [2.05, 4.69) is 9.97 Å². The Labute approximate surface area is 152 Å². The number of nitrogens with one attached hydrogen (secondary N) is 1. The zero-order valence-electron chi connectivity index (χ0n) is 14.3. The van der Waals surface area contributed by atoms with Gasteiger partial charge in [0.25, 0.3) is 11.5 Å². The van der Waals surface area contributed by atoms with E-state index in [0.717, 1.165) is 25.9 Å². The summed E-state index contributed by atoms with van der Waals surface area (Å²) >= 11 is 6.12. The second kappa shape index (κ2) is 7.83. The minimum atomic E-state index is -0.371. The fourth-order valence-electron chi connectivity index (χ4n) is 3.20. The molecule has 1 saturated heterocycles. The minimum Gasteiger partial charge on any atom is -0.339 e. The molecule has 0 saturated carbocycles. The van der Waals surface area contributed by atoms with E-state index in [9.17, 15) is 9.59 Å².